The minimum absolute atomic E-state index is 0.259. The van der Waals surface area contributed by atoms with E-state index in [1.54, 1.807) is 0 Å². The summed E-state index contributed by atoms with van der Waals surface area (Å²) >= 11 is 0. The number of carbonyl (C=O) groups excluding carboxylic acids is 1. The van der Waals surface area contributed by atoms with Gasteiger partial charge in [-0.2, -0.15) is 0 Å². The molecular weight excluding hydrogens is 128 g/mol. The maximum Gasteiger partial charge on any atom is 0.308 e. The number of ether oxygens (including phenoxy) is 1. The SMILES string of the molecule is CC(=O)Oc1cc2cc-2c1. The highest BCUT2D eigenvalue weighted by molar-refractivity contribution is 5.85. The standard InChI is InChI=1S/C8H6O2/c1-5(9)10-8-3-6-2-7(6)4-8/h2-4H,1H3. The van der Waals surface area contributed by atoms with E-state index < -0.39 is 0 Å². The topological polar surface area (TPSA) is 26.3 Å². The van der Waals surface area contributed by atoms with Crippen LogP contribution in [0, 0.1) is 0 Å². The number of hydrogen-bond donors (Lipinski definition) is 0. The van der Waals surface area contributed by atoms with Crippen molar-refractivity contribution in [2.75, 3.05) is 0 Å². The van der Waals surface area contributed by atoms with E-state index in [-0.39, 0.29) is 5.97 Å². The van der Waals surface area contributed by atoms with Gasteiger partial charge in [-0.3, -0.25) is 4.79 Å². The molecule has 0 unspecified atom stereocenters. The predicted molar refractivity (Wildman–Crippen MR) is 36.7 cm³/mol. The lowest BCUT2D eigenvalue weighted by Gasteiger charge is -1.93. The smallest absolute Gasteiger partial charge is 0.308 e. The largest absolute Gasteiger partial charge is 0.427 e. The summed E-state index contributed by atoms with van der Waals surface area (Å²) in [7, 11) is 0. The average Bonchev–Trinajstić information content (AvgIpc) is 2.39. The molecule has 0 saturated heterocycles. The summed E-state index contributed by atoms with van der Waals surface area (Å²) in [6, 6.07) is 5.75. The van der Waals surface area contributed by atoms with Crippen LogP contribution in [0.1, 0.15) is 6.92 Å². The molecule has 0 aliphatic heterocycles. The van der Waals surface area contributed by atoms with E-state index in [9.17, 15) is 4.79 Å². The lowest BCUT2D eigenvalue weighted by atomic mass is 10.5. The van der Waals surface area contributed by atoms with Gasteiger partial charge >= 0.3 is 5.97 Å². The molecule has 0 aromatic carbocycles. The molecule has 10 heavy (non-hydrogen) atoms. The van der Waals surface area contributed by atoms with Crippen LogP contribution in [0.15, 0.2) is 18.2 Å². The van der Waals surface area contributed by atoms with Crippen LogP contribution >= 0.6 is 0 Å². The zero-order valence-electron chi connectivity index (χ0n) is 5.55. The van der Waals surface area contributed by atoms with Crippen LogP contribution in [-0.4, -0.2) is 5.97 Å². The van der Waals surface area contributed by atoms with Gasteiger partial charge in [-0.25, -0.2) is 0 Å². The summed E-state index contributed by atoms with van der Waals surface area (Å²) in [4.78, 5) is 10.4. The summed E-state index contributed by atoms with van der Waals surface area (Å²) in [6.45, 7) is 1.40. The molecule has 0 spiro atoms. The number of rotatable bonds is 1. The van der Waals surface area contributed by atoms with Gasteiger partial charge in [0.25, 0.3) is 0 Å². The Morgan fingerprint density at radius 3 is 2.40 bits per heavy atom. The third-order valence-corrected chi connectivity index (χ3v) is 1.42. The molecule has 2 nitrogen and oxygen atoms in total. The lowest BCUT2D eigenvalue weighted by molar-refractivity contribution is -0.131. The van der Waals surface area contributed by atoms with Gasteiger partial charge in [0.05, 0.1) is 0 Å². The van der Waals surface area contributed by atoms with E-state index in [0.717, 1.165) is 0 Å². The number of fused-ring (bicyclic) bond motifs is 1. The highest BCUT2D eigenvalue weighted by atomic mass is 16.5. The first-order valence-corrected chi connectivity index (χ1v) is 3.09. The summed E-state index contributed by atoms with van der Waals surface area (Å²) in [5.74, 6) is 0.407. The minimum Gasteiger partial charge on any atom is -0.427 e. The molecule has 0 bridgehead atoms. The van der Waals surface area contributed by atoms with Crippen LogP contribution in [0.4, 0.5) is 0 Å². The third-order valence-electron chi connectivity index (χ3n) is 1.42. The Balaban J connectivity index is 2.17. The van der Waals surface area contributed by atoms with Crippen LogP contribution in [0.3, 0.4) is 0 Å². The molecule has 0 atom stereocenters. The fourth-order valence-electron chi connectivity index (χ4n) is 0.955. The Hall–Kier alpha value is -1.31. The first kappa shape index (κ1) is 5.47. The molecule has 2 aliphatic carbocycles. The monoisotopic (exact) mass is 134 g/mol. The van der Waals surface area contributed by atoms with E-state index in [2.05, 4.69) is 0 Å². The van der Waals surface area contributed by atoms with E-state index in [0.29, 0.717) is 5.75 Å². The molecule has 2 rings (SSSR count). The molecule has 0 saturated carbocycles. The molecule has 0 fully saturated rings. The number of benzene rings is 1. The van der Waals surface area contributed by atoms with E-state index in [1.165, 1.54) is 18.1 Å². The second-order valence-corrected chi connectivity index (χ2v) is 2.34. The zero-order valence-corrected chi connectivity index (χ0v) is 5.55. The van der Waals surface area contributed by atoms with Gasteiger partial charge in [0, 0.05) is 6.92 Å². The normalized spacial score (nSPS) is 10.9. The first-order chi connectivity index (χ1) is 4.75. The van der Waals surface area contributed by atoms with Crippen LogP contribution in [0.5, 0.6) is 5.75 Å². The highest BCUT2D eigenvalue weighted by Crippen LogP contribution is 2.39. The number of carbonyl (C=O) groups is 1. The summed E-state index contributed by atoms with van der Waals surface area (Å²) in [5.41, 5.74) is 2.38. The van der Waals surface area contributed by atoms with Crippen molar-refractivity contribution in [3.05, 3.63) is 18.2 Å². The van der Waals surface area contributed by atoms with Crippen molar-refractivity contribution >= 4 is 5.97 Å². The van der Waals surface area contributed by atoms with Crippen molar-refractivity contribution in [1.29, 1.82) is 0 Å². The molecule has 0 N–H and O–H groups in total. The quantitative estimate of drug-likeness (QED) is 0.437. The summed E-state index contributed by atoms with van der Waals surface area (Å²) < 4.78 is 4.82. The van der Waals surface area contributed by atoms with Crippen LogP contribution in [0.2, 0.25) is 0 Å². The molecule has 2 heteroatoms. The van der Waals surface area contributed by atoms with Gasteiger partial charge in [-0.1, -0.05) is 0 Å². The molecular formula is C8H6O2. The maximum atomic E-state index is 10.4. The van der Waals surface area contributed by atoms with Gasteiger partial charge in [0.1, 0.15) is 5.75 Å². The predicted octanol–water partition coefficient (Wildman–Crippen LogP) is 1.59. The maximum absolute atomic E-state index is 10.4. The van der Waals surface area contributed by atoms with E-state index in [1.807, 2.05) is 18.2 Å². The Bertz CT molecular complexity index is 282. The minimum atomic E-state index is -0.259. The fourth-order valence-corrected chi connectivity index (χ4v) is 0.955. The first-order valence-electron chi connectivity index (χ1n) is 3.09. The Kier molecular flexibility index (Phi) is 0.873. The van der Waals surface area contributed by atoms with Crippen molar-refractivity contribution in [3.63, 3.8) is 0 Å². The highest BCUT2D eigenvalue weighted by Gasteiger charge is 2.15. The van der Waals surface area contributed by atoms with Crippen molar-refractivity contribution in [1.82, 2.24) is 0 Å². The van der Waals surface area contributed by atoms with Gasteiger partial charge < -0.3 is 4.74 Å². The van der Waals surface area contributed by atoms with E-state index >= 15 is 0 Å². The van der Waals surface area contributed by atoms with Crippen molar-refractivity contribution in [2.45, 2.75) is 6.92 Å². The Labute approximate surface area is 58.4 Å². The zero-order chi connectivity index (χ0) is 7.14. The fraction of sp³-hybridized carbons (Fsp3) is 0.125. The van der Waals surface area contributed by atoms with Crippen LogP contribution in [0.25, 0.3) is 11.1 Å². The number of esters is 1. The van der Waals surface area contributed by atoms with Crippen LogP contribution < -0.4 is 4.74 Å². The molecule has 0 aromatic heterocycles. The molecule has 0 radical (unpaired) electrons. The van der Waals surface area contributed by atoms with E-state index in [4.69, 9.17) is 4.74 Å². The van der Waals surface area contributed by atoms with Gasteiger partial charge in [-0.05, 0) is 29.3 Å². The summed E-state index contributed by atoms with van der Waals surface area (Å²) in [6.07, 6.45) is 0. The van der Waals surface area contributed by atoms with Crippen molar-refractivity contribution < 1.29 is 9.53 Å². The molecule has 0 aromatic rings. The lowest BCUT2D eigenvalue weighted by Crippen LogP contribution is -1.99. The molecule has 50 valence electrons. The Morgan fingerprint density at radius 1 is 1.30 bits per heavy atom. The van der Waals surface area contributed by atoms with Gasteiger partial charge in [0.15, 0.2) is 0 Å². The summed E-state index contributed by atoms with van der Waals surface area (Å²) in [5, 5.41) is 0. The van der Waals surface area contributed by atoms with Crippen LogP contribution in [-0.2, 0) is 4.79 Å². The number of hydrogen-bond acceptors (Lipinski definition) is 2. The van der Waals surface area contributed by atoms with Gasteiger partial charge in [0.2, 0.25) is 0 Å². The molecule has 0 amide bonds. The molecule has 2 aliphatic rings. The third kappa shape index (κ3) is 0.778. The van der Waals surface area contributed by atoms with Crippen molar-refractivity contribution in [3.8, 4) is 16.9 Å². The second-order valence-electron chi connectivity index (χ2n) is 2.34. The second kappa shape index (κ2) is 1.59. The van der Waals surface area contributed by atoms with Gasteiger partial charge in [-0.15, -0.1) is 0 Å². The molecule has 0 heterocycles. The average molecular weight is 134 g/mol. The van der Waals surface area contributed by atoms with Crippen molar-refractivity contribution in [2.24, 2.45) is 0 Å². The Morgan fingerprint density at radius 2 is 1.90 bits per heavy atom.